The lowest BCUT2D eigenvalue weighted by atomic mass is 10.2. The van der Waals surface area contributed by atoms with Gasteiger partial charge in [-0.05, 0) is 12.1 Å². The first-order chi connectivity index (χ1) is 5.15. The predicted octanol–water partition coefficient (Wildman–Crippen LogP) is 2.08. The molecular weight excluding hydrogens is 174 g/mol. The van der Waals surface area contributed by atoms with Gasteiger partial charge in [0.2, 0.25) is 6.29 Å². The molecule has 0 saturated carbocycles. The lowest BCUT2D eigenvalue weighted by Gasteiger charge is -1.95. The summed E-state index contributed by atoms with van der Waals surface area (Å²) in [5, 5.41) is -0.346. The zero-order valence-corrected chi connectivity index (χ0v) is 5.95. The monoisotopic (exact) mass is 175 g/mol. The summed E-state index contributed by atoms with van der Waals surface area (Å²) in [7, 11) is 0. The molecule has 57 valence electrons. The van der Waals surface area contributed by atoms with Crippen molar-refractivity contribution < 1.29 is 13.6 Å². The Kier molecular flexibility index (Phi) is 2.19. The highest BCUT2D eigenvalue weighted by atomic mass is 35.5. The van der Waals surface area contributed by atoms with Crippen molar-refractivity contribution >= 4 is 17.9 Å². The molecule has 0 bridgehead atoms. The number of benzene rings is 1. The smallest absolute Gasteiger partial charge is 0.236 e. The lowest BCUT2D eigenvalue weighted by molar-refractivity contribution is 0.553. The standard InChI is InChI=1S/C7H2ClF2O/c8-5-2-6(9)4(3-11)1-7(5)10/h1-2H. The van der Waals surface area contributed by atoms with Crippen molar-refractivity contribution in [1.82, 2.24) is 0 Å². The van der Waals surface area contributed by atoms with Crippen LogP contribution in [0.5, 0.6) is 0 Å². The molecule has 0 aromatic heterocycles. The van der Waals surface area contributed by atoms with Crippen molar-refractivity contribution in [3.05, 3.63) is 34.4 Å². The Balaban J connectivity index is 3.31. The third-order valence-corrected chi connectivity index (χ3v) is 1.41. The van der Waals surface area contributed by atoms with E-state index >= 15 is 0 Å². The molecule has 0 aliphatic heterocycles. The van der Waals surface area contributed by atoms with E-state index in [0.29, 0.717) is 6.07 Å². The van der Waals surface area contributed by atoms with Crippen LogP contribution in [0.25, 0.3) is 0 Å². The summed E-state index contributed by atoms with van der Waals surface area (Å²) in [6, 6.07) is 1.43. The highest BCUT2D eigenvalue weighted by molar-refractivity contribution is 6.30. The molecular formula is C7H2ClF2O. The summed E-state index contributed by atoms with van der Waals surface area (Å²) >= 11 is 5.20. The van der Waals surface area contributed by atoms with Gasteiger partial charge in [-0.2, -0.15) is 0 Å². The average molecular weight is 176 g/mol. The van der Waals surface area contributed by atoms with Crippen molar-refractivity contribution in [3.63, 3.8) is 0 Å². The van der Waals surface area contributed by atoms with E-state index in [4.69, 9.17) is 11.6 Å². The van der Waals surface area contributed by atoms with Gasteiger partial charge in [0.25, 0.3) is 0 Å². The Morgan fingerprint density at radius 2 is 1.91 bits per heavy atom. The van der Waals surface area contributed by atoms with Crippen molar-refractivity contribution in [2.45, 2.75) is 0 Å². The molecule has 11 heavy (non-hydrogen) atoms. The Morgan fingerprint density at radius 3 is 2.45 bits per heavy atom. The quantitative estimate of drug-likeness (QED) is 0.598. The van der Waals surface area contributed by atoms with E-state index in [-0.39, 0.29) is 5.02 Å². The van der Waals surface area contributed by atoms with Gasteiger partial charge in [0.15, 0.2) is 0 Å². The minimum absolute atomic E-state index is 0.346. The number of rotatable bonds is 1. The fourth-order valence-electron chi connectivity index (χ4n) is 0.601. The van der Waals surface area contributed by atoms with Crippen LogP contribution in [-0.4, -0.2) is 6.29 Å². The van der Waals surface area contributed by atoms with Crippen LogP contribution >= 0.6 is 11.6 Å². The maximum atomic E-state index is 12.5. The minimum Gasteiger partial charge on any atom is -0.285 e. The highest BCUT2D eigenvalue weighted by Gasteiger charge is 2.07. The van der Waals surface area contributed by atoms with Crippen LogP contribution in [0.2, 0.25) is 5.02 Å². The fourth-order valence-corrected chi connectivity index (χ4v) is 0.751. The first kappa shape index (κ1) is 8.14. The molecule has 0 unspecified atom stereocenters. The molecule has 4 heteroatoms. The summed E-state index contributed by atoms with van der Waals surface area (Å²) in [6.45, 7) is 0. The van der Waals surface area contributed by atoms with Gasteiger partial charge in [-0.3, -0.25) is 4.79 Å². The van der Waals surface area contributed by atoms with Crippen LogP contribution in [0.1, 0.15) is 5.56 Å². The molecule has 0 amide bonds. The second-order valence-electron chi connectivity index (χ2n) is 1.85. The van der Waals surface area contributed by atoms with E-state index in [0.717, 1.165) is 6.07 Å². The van der Waals surface area contributed by atoms with Gasteiger partial charge >= 0.3 is 0 Å². The maximum Gasteiger partial charge on any atom is 0.236 e. The van der Waals surface area contributed by atoms with Crippen molar-refractivity contribution in [3.8, 4) is 0 Å². The molecule has 1 rings (SSSR count). The molecule has 0 aliphatic rings. The second-order valence-corrected chi connectivity index (χ2v) is 2.26. The predicted molar refractivity (Wildman–Crippen MR) is 36.2 cm³/mol. The van der Waals surface area contributed by atoms with Crippen molar-refractivity contribution in [2.24, 2.45) is 0 Å². The molecule has 0 heterocycles. The number of hydrogen-bond acceptors (Lipinski definition) is 1. The van der Waals surface area contributed by atoms with E-state index in [1.54, 1.807) is 0 Å². The summed E-state index contributed by atoms with van der Waals surface area (Å²) in [4.78, 5) is 9.92. The number of carbonyl (C=O) groups excluding carboxylic acids is 1. The van der Waals surface area contributed by atoms with Gasteiger partial charge in [-0.1, -0.05) is 11.6 Å². The summed E-state index contributed by atoms with van der Waals surface area (Å²) < 4.78 is 25.0. The summed E-state index contributed by atoms with van der Waals surface area (Å²) in [5.74, 6) is -1.70. The zero-order valence-electron chi connectivity index (χ0n) is 5.20. The van der Waals surface area contributed by atoms with E-state index in [1.807, 2.05) is 0 Å². The van der Waals surface area contributed by atoms with Gasteiger partial charge in [0.05, 0.1) is 10.6 Å². The lowest BCUT2D eigenvalue weighted by Crippen LogP contribution is -1.90. The third-order valence-electron chi connectivity index (χ3n) is 1.12. The van der Waals surface area contributed by atoms with Gasteiger partial charge in [0, 0.05) is 0 Å². The first-order valence-corrected chi connectivity index (χ1v) is 3.05. The largest absolute Gasteiger partial charge is 0.285 e. The average Bonchev–Trinajstić information content (AvgIpc) is 1.97. The molecule has 1 radical (unpaired) electrons. The van der Waals surface area contributed by atoms with E-state index in [9.17, 15) is 13.6 Å². The van der Waals surface area contributed by atoms with E-state index in [2.05, 4.69) is 0 Å². The van der Waals surface area contributed by atoms with Gasteiger partial charge in [0.1, 0.15) is 11.6 Å². The van der Waals surface area contributed by atoms with Crippen molar-refractivity contribution in [1.29, 1.82) is 0 Å². The Hall–Kier alpha value is -0.960. The molecule has 1 aromatic carbocycles. The molecule has 0 aliphatic carbocycles. The number of hydrogen-bond donors (Lipinski definition) is 0. The van der Waals surface area contributed by atoms with Crippen LogP contribution in [-0.2, 0) is 4.79 Å². The van der Waals surface area contributed by atoms with Crippen molar-refractivity contribution in [2.75, 3.05) is 0 Å². The highest BCUT2D eigenvalue weighted by Crippen LogP contribution is 2.17. The summed E-state index contributed by atoms with van der Waals surface area (Å²) in [6.07, 6.45) is 1.24. The third kappa shape index (κ3) is 1.54. The van der Waals surface area contributed by atoms with Gasteiger partial charge in [-0.25, -0.2) is 8.78 Å². The molecule has 0 N–H and O–H groups in total. The fraction of sp³-hybridized carbons (Fsp3) is 0. The van der Waals surface area contributed by atoms with Gasteiger partial charge in [-0.15, -0.1) is 0 Å². The topological polar surface area (TPSA) is 17.1 Å². The molecule has 0 atom stereocenters. The molecule has 1 nitrogen and oxygen atoms in total. The molecule has 0 spiro atoms. The molecule has 0 saturated heterocycles. The van der Waals surface area contributed by atoms with Gasteiger partial charge < -0.3 is 0 Å². The first-order valence-electron chi connectivity index (χ1n) is 2.68. The SMILES string of the molecule is O=[C]c1cc(F)c(Cl)cc1F. The maximum absolute atomic E-state index is 12.5. The molecule has 1 aromatic rings. The van der Waals surface area contributed by atoms with Crippen LogP contribution in [0.3, 0.4) is 0 Å². The Labute approximate surface area is 66.6 Å². The van der Waals surface area contributed by atoms with Crippen LogP contribution in [0.15, 0.2) is 12.1 Å². The normalized spacial score (nSPS) is 9.73. The zero-order chi connectivity index (χ0) is 8.43. The van der Waals surface area contributed by atoms with E-state index in [1.165, 1.54) is 6.29 Å². The number of halogens is 3. The van der Waals surface area contributed by atoms with Crippen LogP contribution in [0, 0.1) is 11.6 Å². The minimum atomic E-state index is -0.869. The Morgan fingerprint density at radius 1 is 1.27 bits per heavy atom. The molecule has 0 fully saturated rings. The van der Waals surface area contributed by atoms with Crippen LogP contribution in [0.4, 0.5) is 8.78 Å². The van der Waals surface area contributed by atoms with Crippen LogP contribution < -0.4 is 0 Å². The van der Waals surface area contributed by atoms with E-state index < -0.39 is 17.2 Å². The summed E-state index contributed by atoms with van der Waals surface area (Å²) in [5.41, 5.74) is -0.452. The second kappa shape index (κ2) is 2.96. The Bertz CT molecular complexity index is 299.